The summed E-state index contributed by atoms with van der Waals surface area (Å²) in [4.78, 5) is 28.4. The molecule has 0 aliphatic heterocycles. The second-order valence-corrected chi connectivity index (χ2v) is 5.17. The highest BCUT2D eigenvalue weighted by Gasteiger charge is 2.14. The van der Waals surface area contributed by atoms with Crippen LogP contribution in [-0.4, -0.2) is 29.9 Å². The summed E-state index contributed by atoms with van der Waals surface area (Å²) in [5.74, 6) is 0. The van der Waals surface area contributed by atoms with Gasteiger partial charge in [-0.25, -0.2) is 9.78 Å². The van der Waals surface area contributed by atoms with E-state index >= 15 is 0 Å². The lowest BCUT2D eigenvalue weighted by Gasteiger charge is -2.09. The molecular formula is C13H20N4O3. The van der Waals surface area contributed by atoms with Crippen molar-refractivity contribution in [3.05, 3.63) is 27.2 Å². The molecule has 0 aliphatic carbocycles. The van der Waals surface area contributed by atoms with Gasteiger partial charge in [0.05, 0.1) is 12.4 Å². The van der Waals surface area contributed by atoms with Crippen molar-refractivity contribution in [2.75, 3.05) is 0 Å². The SMILES string of the molecule is CC(O)CCCCn1c(=O)n(C)c(=O)c2c1ncn2C. The molecule has 0 aliphatic rings. The Morgan fingerprint density at radius 1 is 1.30 bits per heavy atom. The van der Waals surface area contributed by atoms with Gasteiger partial charge in [-0.1, -0.05) is 0 Å². The largest absolute Gasteiger partial charge is 0.393 e. The predicted octanol–water partition coefficient (Wildman–Crippen LogP) is -0.0152. The standard InChI is InChI=1S/C13H20N4O3/c1-9(18)6-4-5-7-17-11-10(15(2)8-14-11)12(19)16(3)13(17)20/h8-9,18H,4-7H2,1-3H3. The van der Waals surface area contributed by atoms with Gasteiger partial charge in [0, 0.05) is 20.6 Å². The quantitative estimate of drug-likeness (QED) is 0.781. The van der Waals surface area contributed by atoms with Crippen LogP contribution >= 0.6 is 0 Å². The van der Waals surface area contributed by atoms with Gasteiger partial charge < -0.3 is 9.67 Å². The molecule has 0 amide bonds. The number of hydrogen-bond donors (Lipinski definition) is 1. The minimum absolute atomic E-state index is 0.328. The summed E-state index contributed by atoms with van der Waals surface area (Å²) >= 11 is 0. The van der Waals surface area contributed by atoms with E-state index in [-0.39, 0.29) is 17.4 Å². The van der Waals surface area contributed by atoms with Crippen molar-refractivity contribution in [1.29, 1.82) is 0 Å². The number of rotatable bonds is 5. The van der Waals surface area contributed by atoms with E-state index in [4.69, 9.17) is 0 Å². The Labute approximate surface area is 116 Å². The first-order chi connectivity index (χ1) is 9.43. The van der Waals surface area contributed by atoms with E-state index in [0.717, 1.165) is 17.4 Å². The average Bonchev–Trinajstić information content (AvgIpc) is 2.77. The summed E-state index contributed by atoms with van der Waals surface area (Å²) in [6, 6.07) is 0. The fourth-order valence-corrected chi connectivity index (χ4v) is 2.29. The van der Waals surface area contributed by atoms with Gasteiger partial charge in [-0.3, -0.25) is 13.9 Å². The van der Waals surface area contributed by atoms with Crippen molar-refractivity contribution in [3.63, 3.8) is 0 Å². The number of aryl methyl sites for hydroxylation is 2. The van der Waals surface area contributed by atoms with E-state index in [2.05, 4.69) is 4.98 Å². The highest BCUT2D eigenvalue weighted by atomic mass is 16.3. The van der Waals surface area contributed by atoms with Crippen LogP contribution in [0.25, 0.3) is 11.2 Å². The van der Waals surface area contributed by atoms with Crippen molar-refractivity contribution in [2.24, 2.45) is 14.1 Å². The maximum absolute atomic E-state index is 12.2. The molecule has 0 saturated carbocycles. The van der Waals surface area contributed by atoms with Crippen molar-refractivity contribution in [1.82, 2.24) is 18.7 Å². The number of imidazole rings is 1. The Morgan fingerprint density at radius 2 is 2.00 bits per heavy atom. The number of aromatic nitrogens is 4. The zero-order chi connectivity index (χ0) is 14.9. The van der Waals surface area contributed by atoms with Gasteiger partial charge >= 0.3 is 5.69 Å². The highest BCUT2D eigenvalue weighted by molar-refractivity contribution is 5.69. The van der Waals surface area contributed by atoms with Crippen LogP contribution in [0.3, 0.4) is 0 Å². The summed E-state index contributed by atoms with van der Waals surface area (Å²) in [5, 5.41) is 9.23. The van der Waals surface area contributed by atoms with Gasteiger partial charge in [0.25, 0.3) is 5.56 Å². The first kappa shape index (κ1) is 14.5. The van der Waals surface area contributed by atoms with Gasteiger partial charge in [0.2, 0.25) is 0 Å². The number of unbranched alkanes of at least 4 members (excludes halogenated alkanes) is 1. The Bertz CT molecular complexity index is 724. The zero-order valence-electron chi connectivity index (χ0n) is 12.0. The van der Waals surface area contributed by atoms with E-state index in [1.165, 1.54) is 17.9 Å². The van der Waals surface area contributed by atoms with E-state index in [1.54, 1.807) is 18.5 Å². The van der Waals surface area contributed by atoms with Crippen LogP contribution in [0.5, 0.6) is 0 Å². The number of nitrogens with zero attached hydrogens (tertiary/aromatic N) is 4. The third kappa shape index (κ3) is 2.53. The molecule has 0 aromatic carbocycles. The molecule has 1 unspecified atom stereocenters. The summed E-state index contributed by atoms with van der Waals surface area (Å²) in [5.41, 5.74) is 0.184. The fraction of sp³-hybridized carbons (Fsp3) is 0.615. The zero-order valence-corrected chi connectivity index (χ0v) is 12.0. The molecule has 0 fully saturated rings. The maximum Gasteiger partial charge on any atom is 0.332 e. The number of hydrogen-bond acceptors (Lipinski definition) is 4. The lowest BCUT2D eigenvalue weighted by Crippen LogP contribution is -2.38. The smallest absolute Gasteiger partial charge is 0.332 e. The summed E-state index contributed by atoms with van der Waals surface area (Å²) < 4.78 is 4.26. The molecule has 0 bridgehead atoms. The highest BCUT2D eigenvalue weighted by Crippen LogP contribution is 2.07. The molecule has 7 heteroatoms. The van der Waals surface area contributed by atoms with Crippen LogP contribution in [-0.2, 0) is 20.6 Å². The number of aliphatic hydroxyl groups excluding tert-OH is 1. The van der Waals surface area contributed by atoms with Gasteiger partial charge in [-0.15, -0.1) is 0 Å². The van der Waals surface area contributed by atoms with Crippen LogP contribution in [0.1, 0.15) is 26.2 Å². The molecule has 0 saturated heterocycles. The van der Waals surface area contributed by atoms with E-state index in [1.807, 2.05) is 0 Å². The molecule has 2 aromatic heterocycles. The number of aliphatic hydroxyl groups is 1. The maximum atomic E-state index is 12.2. The molecule has 1 atom stereocenters. The van der Waals surface area contributed by atoms with Crippen LogP contribution in [0, 0.1) is 0 Å². The molecule has 1 N–H and O–H groups in total. The number of fused-ring (bicyclic) bond motifs is 1. The van der Waals surface area contributed by atoms with Crippen molar-refractivity contribution < 1.29 is 5.11 Å². The van der Waals surface area contributed by atoms with Crippen molar-refractivity contribution >= 4 is 11.2 Å². The Kier molecular flexibility index (Phi) is 4.08. The molecule has 0 spiro atoms. The molecule has 0 radical (unpaired) electrons. The second kappa shape index (κ2) is 5.62. The van der Waals surface area contributed by atoms with Crippen LogP contribution in [0.15, 0.2) is 15.9 Å². The van der Waals surface area contributed by atoms with Crippen LogP contribution in [0.2, 0.25) is 0 Å². The first-order valence-corrected chi connectivity index (χ1v) is 6.72. The molecule has 2 rings (SSSR count). The predicted molar refractivity (Wildman–Crippen MR) is 75.7 cm³/mol. The Hall–Kier alpha value is -1.89. The topological polar surface area (TPSA) is 82.1 Å². The van der Waals surface area contributed by atoms with Crippen LogP contribution in [0.4, 0.5) is 0 Å². The van der Waals surface area contributed by atoms with E-state index < -0.39 is 0 Å². The molecular weight excluding hydrogens is 260 g/mol. The molecule has 20 heavy (non-hydrogen) atoms. The molecule has 110 valence electrons. The summed E-state index contributed by atoms with van der Waals surface area (Å²) in [7, 11) is 3.21. The Morgan fingerprint density at radius 3 is 2.65 bits per heavy atom. The second-order valence-electron chi connectivity index (χ2n) is 5.17. The fourth-order valence-electron chi connectivity index (χ4n) is 2.29. The van der Waals surface area contributed by atoms with Crippen LogP contribution < -0.4 is 11.2 Å². The summed E-state index contributed by atoms with van der Waals surface area (Å²) in [6.07, 6.45) is 3.49. The minimum Gasteiger partial charge on any atom is -0.393 e. The van der Waals surface area contributed by atoms with Crippen molar-refractivity contribution in [2.45, 2.75) is 38.8 Å². The minimum atomic E-state index is -0.349. The molecule has 2 heterocycles. The summed E-state index contributed by atoms with van der Waals surface area (Å²) in [6.45, 7) is 2.24. The lowest BCUT2D eigenvalue weighted by atomic mass is 10.2. The Balaban J connectivity index is 2.38. The van der Waals surface area contributed by atoms with E-state index in [0.29, 0.717) is 24.1 Å². The van der Waals surface area contributed by atoms with Gasteiger partial charge in [0.1, 0.15) is 0 Å². The third-order valence-corrected chi connectivity index (χ3v) is 3.45. The normalized spacial score (nSPS) is 13.0. The molecule has 2 aromatic rings. The lowest BCUT2D eigenvalue weighted by molar-refractivity contribution is 0.180. The van der Waals surface area contributed by atoms with E-state index in [9.17, 15) is 14.7 Å². The van der Waals surface area contributed by atoms with Gasteiger partial charge in [-0.2, -0.15) is 0 Å². The molecule has 7 nitrogen and oxygen atoms in total. The van der Waals surface area contributed by atoms with Crippen molar-refractivity contribution in [3.8, 4) is 0 Å². The first-order valence-electron chi connectivity index (χ1n) is 6.72. The van der Waals surface area contributed by atoms with Gasteiger partial charge in [-0.05, 0) is 26.2 Å². The average molecular weight is 280 g/mol. The monoisotopic (exact) mass is 280 g/mol. The van der Waals surface area contributed by atoms with Gasteiger partial charge in [0.15, 0.2) is 11.2 Å². The third-order valence-electron chi connectivity index (χ3n) is 3.45.